The maximum Gasteiger partial charge on any atom is 0.255 e. The van der Waals surface area contributed by atoms with Gasteiger partial charge in [0.2, 0.25) is 5.91 Å². The summed E-state index contributed by atoms with van der Waals surface area (Å²) in [5, 5.41) is 2.90. The highest BCUT2D eigenvalue weighted by atomic mass is 16.2. The molecule has 2 amide bonds. The van der Waals surface area contributed by atoms with Crippen molar-refractivity contribution < 1.29 is 9.59 Å². The SMILES string of the molecule is CC(C)CC(=O)Nc1ccccc1C(=O)N1CC(C)CC(C)C1. The van der Waals surface area contributed by atoms with Gasteiger partial charge in [0.15, 0.2) is 0 Å². The minimum absolute atomic E-state index is 0.0175. The average molecular weight is 316 g/mol. The van der Waals surface area contributed by atoms with Crippen LogP contribution in [0.2, 0.25) is 0 Å². The number of likely N-dealkylation sites (tertiary alicyclic amines) is 1. The number of rotatable bonds is 4. The summed E-state index contributed by atoms with van der Waals surface area (Å²) < 4.78 is 0. The Kier molecular flexibility index (Phi) is 5.80. The van der Waals surface area contributed by atoms with Crippen LogP contribution in [-0.2, 0) is 4.79 Å². The summed E-state index contributed by atoms with van der Waals surface area (Å²) in [6, 6.07) is 7.31. The van der Waals surface area contributed by atoms with Gasteiger partial charge >= 0.3 is 0 Å². The molecule has 1 heterocycles. The monoisotopic (exact) mass is 316 g/mol. The quantitative estimate of drug-likeness (QED) is 0.919. The third kappa shape index (κ3) is 4.81. The molecule has 4 nitrogen and oxygen atoms in total. The van der Waals surface area contributed by atoms with Gasteiger partial charge in [-0.15, -0.1) is 0 Å². The fourth-order valence-corrected chi connectivity index (χ4v) is 3.35. The van der Waals surface area contributed by atoms with Crippen LogP contribution in [0.15, 0.2) is 24.3 Å². The van der Waals surface area contributed by atoms with Gasteiger partial charge in [0.05, 0.1) is 11.3 Å². The summed E-state index contributed by atoms with van der Waals surface area (Å²) >= 11 is 0. The molecule has 1 aromatic rings. The zero-order chi connectivity index (χ0) is 17.0. The van der Waals surface area contributed by atoms with E-state index in [0.717, 1.165) is 19.5 Å². The van der Waals surface area contributed by atoms with Crippen LogP contribution in [0.4, 0.5) is 5.69 Å². The minimum atomic E-state index is -0.0411. The maximum atomic E-state index is 12.9. The molecule has 126 valence electrons. The number of carbonyl (C=O) groups is 2. The van der Waals surface area contributed by atoms with Crippen molar-refractivity contribution in [2.45, 2.75) is 40.5 Å². The summed E-state index contributed by atoms with van der Waals surface area (Å²) in [7, 11) is 0. The zero-order valence-electron chi connectivity index (χ0n) is 14.6. The first kappa shape index (κ1) is 17.5. The highest BCUT2D eigenvalue weighted by Crippen LogP contribution is 2.25. The summed E-state index contributed by atoms with van der Waals surface area (Å²) in [5.41, 5.74) is 1.21. The number of carbonyl (C=O) groups excluding carboxylic acids is 2. The first-order valence-electron chi connectivity index (χ1n) is 8.55. The number of piperidine rings is 1. The van der Waals surface area contributed by atoms with Crippen LogP contribution in [0.1, 0.15) is 50.9 Å². The lowest BCUT2D eigenvalue weighted by Gasteiger charge is -2.35. The number of nitrogens with zero attached hydrogens (tertiary/aromatic N) is 1. The molecule has 0 spiro atoms. The van der Waals surface area contributed by atoms with Crippen LogP contribution in [0.5, 0.6) is 0 Å². The number of nitrogens with one attached hydrogen (secondary N) is 1. The van der Waals surface area contributed by atoms with Gasteiger partial charge in [-0.2, -0.15) is 0 Å². The largest absolute Gasteiger partial charge is 0.338 e. The van der Waals surface area contributed by atoms with E-state index in [1.165, 1.54) is 0 Å². The second kappa shape index (κ2) is 7.62. The number of amides is 2. The van der Waals surface area contributed by atoms with E-state index < -0.39 is 0 Å². The molecule has 0 saturated carbocycles. The van der Waals surface area contributed by atoms with E-state index in [0.29, 0.717) is 35.4 Å². The lowest BCUT2D eigenvalue weighted by atomic mass is 9.91. The average Bonchev–Trinajstić information content (AvgIpc) is 2.45. The Morgan fingerprint density at radius 1 is 1.17 bits per heavy atom. The highest BCUT2D eigenvalue weighted by molar-refractivity contribution is 6.03. The van der Waals surface area contributed by atoms with Crippen LogP contribution < -0.4 is 5.32 Å². The van der Waals surface area contributed by atoms with E-state index in [1.807, 2.05) is 36.9 Å². The number of benzene rings is 1. The Balaban J connectivity index is 2.15. The van der Waals surface area contributed by atoms with Gasteiger partial charge in [0, 0.05) is 19.5 Å². The maximum absolute atomic E-state index is 12.9. The van der Waals surface area contributed by atoms with E-state index in [9.17, 15) is 9.59 Å². The Morgan fingerprint density at radius 2 is 1.78 bits per heavy atom. The molecule has 0 radical (unpaired) electrons. The first-order chi connectivity index (χ1) is 10.9. The lowest BCUT2D eigenvalue weighted by molar-refractivity contribution is -0.116. The molecule has 2 atom stereocenters. The summed E-state index contributed by atoms with van der Waals surface area (Å²) in [4.78, 5) is 26.9. The van der Waals surface area contributed by atoms with Gasteiger partial charge in [-0.1, -0.05) is 39.8 Å². The standard InChI is InChI=1S/C19H28N2O2/c1-13(2)9-18(22)20-17-8-6-5-7-16(17)19(23)21-11-14(3)10-15(4)12-21/h5-8,13-15H,9-12H2,1-4H3,(H,20,22). The van der Waals surface area contributed by atoms with E-state index >= 15 is 0 Å². The van der Waals surface area contributed by atoms with Gasteiger partial charge in [0.25, 0.3) is 5.91 Å². The summed E-state index contributed by atoms with van der Waals surface area (Å²) in [5.74, 6) is 1.31. The van der Waals surface area contributed by atoms with Crippen molar-refractivity contribution in [3.8, 4) is 0 Å². The third-order valence-corrected chi connectivity index (χ3v) is 4.18. The molecule has 2 rings (SSSR count). The second-order valence-corrected chi connectivity index (χ2v) is 7.35. The second-order valence-electron chi connectivity index (χ2n) is 7.35. The van der Waals surface area contributed by atoms with Crippen molar-refractivity contribution in [2.24, 2.45) is 17.8 Å². The van der Waals surface area contributed by atoms with Gasteiger partial charge in [0.1, 0.15) is 0 Å². The molecule has 2 unspecified atom stereocenters. The molecule has 1 aliphatic rings. The molecule has 1 aliphatic heterocycles. The predicted molar refractivity (Wildman–Crippen MR) is 93.4 cm³/mol. The zero-order valence-corrected chi connectivity index (χ0v) is 14.6. The first-order valence-corrected chi connectivity index (χ1v) is 8.55. The minimum Gasteiger partial charge on any atom is -0.338 e. The topological polar surface area (TPSA) is 49.4 Å². The molecule has 1 N–H and O–H groups in total. The fraction of sp³-hybridized carbons (Fsp3) is 0.579. The molecular formula is C19H28N2O2. The van der Waals surface area contributed by atoms with E-state index in [2.05, 4.69) is 19.2 Å². The smallest absolute Gasteiger partial charge is 0.255 e. The number of hydrogen-bond acceptors (Lipinski definition) is 2. The molecule has 0 aromatic heterocycles. The molecular weight excluding hydrogens is 288 g/mol. The van der Waals surface area contributed by atoms with Crippen LogP contribution in [0.25, 0.3) is 0 Å². The van der Waals surface area contributed by atoms with Crippen LogP contribution >= 0.6 is 0 Å². The molecule has 1 aromatic carbocycles. The van der Waals surface area contributed by atoms with Crippen molar-refractivity contribution in [3.05, 3.63) is 29.8 Å². The van der Waals surface area contributed by atoms with Crippen molar-refractivity contribution in [1.29, 1.82) is 0 Å². The molecule has 4 heteroatoms. The van der Waals surface area contributed by atoms with Gasteiger partial charge in [-0.25, -0.2) is 0 Å². The Labute approximate surface area is 139 Å². The summed E-state index contributed by atoms with van der Waals surface area (Å²) in [6.07, 6.45) is 1.62. The van der Waals surface area contributed by atoms with E-state index in [4.69, 9.17) is 0 Å². The molecule has 1 fully saturated rings. The van der Waals surface area contributed by atoms with Gasteiger partial charge < -0.3 is 10.2 Å². The Bertz CT molecular complexity index is 558. The van der Waals surface area contributed by atoms with Crippen LogP contribution in [-0.4, -0.2) is 29.8 Å². The predicted octanol–water partition coefficient (Wildman–Crippen LogP) is 3.79. The van der Waals surface area contributed by atoms with Crippen molar-refractivity contribution in [1.82, 2.24) is 4.90 Å². The lowest BCUT2D eigenvalue weighted by Crippen LogP contribution is -2.42. The Hall–Kier alpha value is -1.84. The van der Waals surface area contributed by atoms with Crippen molar-refractivity contribution >= 4 is 17.5 Å². The van der Waals surface area contributed by atoms with Gasteiger partial charge in [-0.05, 0) is 36.3 Å². The highest BCUT2D eigenvalue weighted by Gasteiger charge is 2.27. The molecule has 0 aliphatic carbocycles. The molecule has 1 saturated heterocycles. The number of para-hydroxylation sites is 1. The summed E-state index contributed by atoms with van der Waals surface area (Å²) in [6.45, 7) is 9.97. The normalized spacial score (nSPS) is 21.3. The Morgan fingerprint density at radius 3 is 2.39 bits per heavy atom. The van der Waals surface area contributed by atoms with Crippen molar-refractivity contribution in [3.63, 3.8) is 0 Å². The van der Waals surface area contributed by atoms with Crippen LogP contribution in [0.3, 0.4) is 0 Å². The van der Waals surface area contributed by atoms with E-state index in [1.54, 1.807) is 6.07 Å². The van der Waals surface area contributed by atoms with Crippen LogP contribution in [0, 0.1) is 17.8 Å². The van der Waals surface area contributed by atoms with Crippen molar-refractivity contribution in [2.75, 3.05) is 18.4 Å². The number of anilines is 1. The number of hydrogen-bond donors (Lipinski definition) is 1. The van der Waals surface area contributed by atoms with E-state index in [-0.39, 0.29) is 11.8 Å². The third-order valence-electron chi connectivity index (χ3n) is 4.18. The molecule has 0 bridgehead atoms. The molecule has 23 heavy (non-hydrogen) atoms. The van der Waals surface area contributed by atoms with Gasteiger partial charge in [-0.3, -0.25) is 9.59 Å². The fourth-order valence-electron chi connectivity index (χ4n) is 3.35.